The molecule has 1 aromatic carbocycles. The number of hydrogen-bond donors (Lipinski definition) is 2. The Kier molecular flexibility index (Phi) is 4.94. The minimum Gasteiger partial charge on any atom is -0.381 e. The molecule has 1 saturated carbocycles. The molecule has 0 aliphatic heterocycles. The van der Waals surface area contributed by atoms with Crippen LogP contribution in [0.15, 0.2) is 36.5 Å². The van der Waals surface area contributed by atoms with Crippen molar-refractivity contribution >= 4 is 22.8 Å². The average molecular weight is 366 g/mol. The summed E-state index contributed by atoms with van der Waals surface area (Å²) in [6.45, 7) is 2.96. The number of fused-ring (bicyclic) bond motifs is 1. The minimum absolute atomic E-state index is 0.345. The number of hydrogen-bond acceptors (Lipinski definition) is 6. The SMILES string of the molecule is COC1CC(Nc2nc(NCC(C)c3ccccc3)nc3c2cnn3C)C1. The van der Waals surface area contributed by atoms with Gasteiger partial charge in [-0.3, -0.25) is 4.68 Å². The van der Waals surface area contributed by atoms with Crippen LogP contribution in [0.3, 0.4) is 0 Å². The van der Waals surface area contributed by atoms with Crippen molar-refractivity contribution in [2.75, 3.05) is 24.3 Å². The molecule has 1 unspecified atom stereocenters. The highest BCUT2D eigenvalue weighted by atomic mass is 16.5. The highest BCUT2D eigenvalue weighted by Crippen LogP contribution is 2.29. The smallest absolute Gasteiger partial charge is 0.226 e. The van der Waals surface area contributed by atoms with Crippen LogP contribution in [0.25, 0.3) is 11.0 Å². The quantitative estimate of drug-likeness (QED) is 0.669. The molecule has 2 heterocycles. The lowest BCUT2D eigenvalue weighted by Crippen LogP contribution is -2.40. The van der Waals surface area contributed by atoms with Gasteiger partial charge in [0.25, 0.3) is 0 Å². The van der Waals surface area contributed by atoms with E-state index in [1.165, 1.54) is 5.56 Å². The maximum Gasteiger partial charge on any atom is 0.226 e. The number of benzene rings is 1. The third kappa shape index (κ3) is 3.73. The molecule has 1 aliphatic rings. The number of methoxy groups -OCH3 is 1. The normalized spacial score (nSPS) is 20.3. The molecule has 3 aromatic rings. The fourth-order valence-electron chi connectivity index (χ4n) is 3.42. The lowest BCUT2D eigenvalue weighted by atomic mass is 9.89. The molecule has 0 spiro atoms. The standard InChI is InChI=1S/C20H26N6O/c1-13(14-7-5-4-6-8-14)11-21-20-24-18(23-15-9-16(10-15)27-3)17-12-22-26(2)19(17)25-20/h4-8,12-13,15-16H,9-11H2,1-3H3,(H2,21,23,24,25). The van der Waals surface area contributed by atoms with Gasteiger partial charge in [-0.15, -0.1) is 0 Å². The van der Waals surface area contributed by atoms with Crippen LogP contribution in [-0.4, -0.2) is 45.5 Å². The first-order chi connectivity index (χ1) is 13.1. The van der Waals surface area contributed by atoms with Crippen LogP contribution in [0.4, 0.5) is 11.8 Å². The van der Waals surface area contributed by atoms with Gasteiger partial charge in [0, 0.05) is 26.7 Å². The Bertz CT molecular complexity index is 903. The molecule has 0 bridgehead atoms. The fourth-order valence-corrected chi connectivity index (χ4v) is 3.42. The first-order valence-electron chi connectivity index (χ1n) is 9.42. The number of ether oxygens (including phenoxy) is 1. The van der Waals surface area contributed by atoms with Crippen molar-refractivity contribution in [3.63, 3.8) is 0 Å². The summed E-state index contributed by atoms with van der Waals surface area (Å²) >= 11 is 0. The van der Waals surface area contributed by atoms with Crippen molar-refractivity contribution in [2.45, 2.75) is 37.8 Å². The van der Waals surface area contributed by atoms with E-state index in [-0.39, 0.29) is 0 Å². The van der Waals surface area contributed by atoms with Crippen LogP contribution in [0, 0.1) is 0 Å². The molecule has 4 rings (SSSR count). The largest absolute Gasteiger partial charge is 0.381 e. The number of rotatable bonds is 7. The first kappa shape index (κ1) is 17.7. The van der Waals surface area contributed by atoms with Gasteiger partial charge in [0.05, 0.1) is 17.7 Å². The third-order valence-corrected chi connectivity index (χ3v) is 5.30. The summed E-state index contributed by atoms with van der Waals surface area (Å²) in [6.07, 6.45) is 4.16. The maximum absolute atomic E-state index is 5.37. The summed E-state index contributed by atoms with van der Waals surface area (Å²) in [6, 6.07) is 10.8. The molecule has 0 saturated heterocycles. The fraction of sp³-hybridized carbons (Fsp3) is 0.450. The number of aromatic nitrogens is 4. The van der Waals surface area contributed by atoms with Crippen molar-refractivity contribution in [1.82, 2.24) is 19.7 Å². The van der Waals surface area contributed by atoms with E-state index < -0.39 is 0 Å². The van der Waals surface area contributed by atoms with Crippen LogP contribution in [-0.2, 0) is 11.8 Å². The number of aryl methyl sites for hydroxylation is 1. The van der Waals surface area contributed by atoms with Crippen molar-refractivity contribution in [3.05, 3.63) is 42.1 Å². The van der Waals surface area contributed by atoms with Gasteiger partial charge < -0.3 is 15.4 Å². The van der Waals surface area contributed by atoms with E-state index in [2.05, 4.69) is 51.9 Å². The molecule has 1 fully saturated rings. The zero-order valence-electron chi connectivity index (χ0n) is 16.0. The van der Waals surface area contributed by atoms with E-state index in [1.54, 1.807) is 11.8 Å². The van der Waals surface area contributed by atoms with E-state index in [4.69, 9.17) is 9.72 Å². The van der Waals surface area contributed by atoms with E-state index in [1.807, 2.05) is 19.3 Å². The van der Waals surface area contributed by atoms with Gasteiger partial charge in [-0.1, -0.05) is 37.3 Å². The van der Waals surface area contributed by atoms with E-state index in [0.29, 0.717) is 24.0 Å². The molecular weight excluding hydrogens is 340 g/mol. The van der Waals surface area contributed by atoms with Crippen LogP contribution < -0.4 is 10.6 Å². The van der Waals surface area contributed by atoms with Gasteiger partial charge in [0.15, 0.2) is 5.65 Å². The number of nitrogens with zero attached hydrogens (tertiary/aromatic N) is 4. The van der Waals surface area contributed by atoms with Gasteiger partial charge in [-0.05, 0) is 24.3 Å². The molecule has 0 radical (unpaired) electrons. The van der Waals surface area contributed by atoms with Gasteiger partial charge in [0.2, 0.25) is 5.95 Å². The molecule has 7 heteroatoms. The Hall–Kier alpha value is -2.67. The molecule has 0 amide bonds. The third-order valence-electron chi connectivity index (χ3n) is 5.30. The monoisotopic (exact) mass is 366 g/mol. The first-order valence-corrected chi connectivity index (χ1v) is 9.42. The Morgan fingerprint density at radius 2 is 2.00 bits per heavy atom. The maximum atomic E-state index is 5.37. The number of nitrogens with one attached hydrogen (secondary N) is 2. The molecule has 2 aromatic heterocycles. The second-order valence-electron chi connectivity index (χ2n) is 7.26. The predicted molar refractivity (Wildman–Crippen MR) is 107 cm³/mol. The molecule has 1 aliphatic carbocycles. The molecule has 142 valence electrons. The Balaban J connectivity index is 1.51. The molecule has 27 heavy (non-hydrogen) atoms. The van der Waals surface area contributed by atoms with Gasteiger partial charge in [-0.25, -0.2) is 0 Å². The van der Waals surface area contributed by atoms with Gasteiger partial charge >= 0.3 is 0 Å². The molecule has 7 nitrogen and oxygen atoms in total. The second-order valence-corrected chi connectivity index (χ2v) is 7.26. The van der Waals surface area contributed by atoms with Crippen molar-refractivity contribution in [3.8, 4) is 0 Å². The van der Waals surface area contributed by atoms with E-state index in [9.17, 15) is 0 Å². The summed E-state index contributed by atoms with van der Waals surface area (Å²) in [5.74, 6) is 1.82. The zero-order chi connectivity index (χ0) is 18.8. The lowest BCUT2D eigenvalue weighted by Gasteiger charge is -2.35. The molecule has 2 N–H and O–H groups in total. The summed E-state index contributed by atoms with van der Waals surface area (Å²) in [5.41, 5.74) is 2.12. The van der Waals surface area contributed by atoms with Crippen LogP contribution in [0.1, 0.15) is 31.2 Å². The van der Waals surface area contributed by atoms with Gasteiger partial charge in [-0.2, -0.15) is 15.1 Å². The summed E-state index contributed by atoms with van der Waals surface area (Å²) in [4.78, 5) is 9.38. The summed E-state index contributed by atoms with van der Waals surface area (Å²) < 4.78 is 7.16. The second kappa shape index (κ2) is 7.52. The minimum atomic E-state index is 0.345. The predicted octanol–water partition coefficient (Wildman–Crippen LogP) is 3.17. The van der Waals surface area contributed by atoms with Crippen LogP contribution in [0.2, 0.25) is 0 Å². The average Bonchev–Trinajstić information content (AvgIpc) is 3.04. The topological polar surface area (TPSA) is 76.9 Å². The van der Waals surface area contributed by atoms with Crippen molar-refractivity contribution in [1.29, 1.82) is 0 Å². The zero-order valence-corrected chi connectivity index (χ0v) is 16.0. The number of anilines is 2. The summed E-state index contributed by atoms with van der Waals surface area (Å²) in [5, 5.41) is 12.2. The Morgan fingerprint density at radius 1 is 1.22 bits per heavy atom. The molecule has 1 atom stereocenters. The highest BCUT2D eigenvalue weighted by molar-refractivity contribution is 5.87. The lowest BCUT2D eigenvalue weighted by molar-refractivity contribution is 0.0328. The van der Waals surface area contributed by atoms with Gasteiger partial charge in [0.1, 0.15) is 5.82 Å². The van der Waals surface area contributed by atoms with E-state index in [0.717, 1.165) is 36.2 Å². The summed E-state index contributed by atoms with van der Waals surface area (Å²) in [7, 11) is 3.67. The highest BCUT2D eigenvalue weighted by Gasteiger charge is 2.30. The van der Waals surface area contributed by atoms with E-state index >= 15 is 0 Å². The van der Waals surface area contributed by atoms with Crippen LogP contribution >= 0.6 is 0 Å². The van der Waals surface area contributed by atoms with Crippen LogP contribution in [0.5, 0.6) is 0 Å². The van der Waals surface area contributed by atoms with Crippen molar-refractivity contribution in [2.24, 2.45) is 7.05 Å². The Labute approximate surface area is 159 Å². The molecular formula is C20H26N6O. The Morgan fingerprint density at radius 3 is 2.74 bits per heavy atom. The van der Waals surface area contributed by atoms with Crippen molar-refractivity contribution < 1.29 is 4.74 Å².